The van der Waals surface area contributed by atoms with E-state index in [9.17, 15) is 5.11 Å². The molecule has 1 N–H and O–H groups in total. The Bertz CT molecular complexity index is 478. The second kappa shape index (κ2) is 5.44. The highest BCUT2D eigenvalue weighted by atomic mass is 16.7. The van der Waals surface area contributed by atoms with Crippen molar-refractivity contribution < 1.29 is 19.3 Å². The Morgan fingerprint density at radius 3 is 2.64 bits per heavy atom. The van der Waals surface area contributed by atoms with Gasteiger partial charge in [-0.3, -0.25) is 9.74 Å². The molecule has 0 saturated carbocycles. The minimum absolute atomic E-state index is 0.0709. The molecule has 3 atom stereocenters. The zero-order valence-corrected chi connectivity index (χ0v) is 13.8. The van der Waals surface area contributed by atoms with Gasteiger partial charge in [0.2, 0.25) is 0 Å². The second-order valence-corrected chi connectivity index (χ2v) is 7.05. The van der Waals surface area contributed by atoms with Crippen LogP contribution in [0.2, 0.25) is 0 Å². The summed E-state index contributed by atoms with van der Waals surface area (Å²) in [5.74, 6) is 0. The molecule has 122 valence electrons. The molecule has 2 saturated heterocycles. The van der Waals surface area contributed by atoms with E-state index in [0.717, 1.165) is 5.47 Å². The molecule has 2 fully saturated rings. The van der Waals surface area contributed by atoms with Gasteiger partial charge < -0.3 is 14.4 Å². The van der Waals surface area contributed by atoms with Gasteiger partial charge in [0.05, 0.1) is 23.9 Å². The first-order valence-corrected chi connectivity index (χ1v) is 7.77. The molecule has 0 spiro atoms. The molecule has 2 bridgehead atoms. The zero-order valence-electron chi connectivity index (χ0n) is 13.8. The smallest absolute Gasteiger partial charge is 0.400 e. The number of rotatable bonds is 4. The summed E-state index contributed by atoms with van der Waals surface area (Å²) in [6, 6.07) is -0.0709. The third-order valence-electron chi connectivity index (χ3n) is 5.08. The maximum Gasteiger partial charge on any atom is 0.492 e. The maximum absolute atomic E-state index is 10.3. The molecule has 0 aromatic rings. The van der Waals surface area contributed by atoms with E-state index in [-0.39, 0.29) is 17.2 Å². The zero-order chi connectivity index (χ0) is 16.1. The summed E-state index contributed by atoms with van der Waals surface area (Å²) in [5.41, 5.74) is 0.273. The lowest BCUT2D eigenvalue weighted by Gasteiger charge is -2.32. The Kier molecular flexibility index (Phi) is 4.00. The van der Waals surface area contributed by atoms with E-state index >= 15 is 0 Å². The van der Waals surface area contributed by atoms with Crippen LogP contribution in [-0.4, -0.2) is 65.5 Å². The van der Waals surface area contributed by atoms with Crippen LogP contribution in [0, 0.1) is 0 Å². The number of aliphatic hydroxyl groups is 1. The van der Waals surface area contributed by atoms with Crippen molar-refractivity contribution in [2.24, 2.45) is 0 Å². The fourth-order valence-corrected chi connectivity index (χ4v) is 3.03. The van der Waals surface area contributed by atoms with Crippen molar-refractivity contribution in [3.63, 3.8) is 0 Å². The highest BCUT2D eigenvalue weighted by Gasteiger charge is 2.56. The minimum atomic E-state index is -0.749. The molecule has 0 radical (unpaired) electrons. The van der Waals surface area contributed by atoms with Crippen LogP contribution in [-0.2, 0) is 14.1 Å². The van der Waals surface area contributed by atoms with E-state index in [1.807, 2.05) is 32.6 Å². The van der Waals surface area contributed by atoms with Crippen molar-refractivity contribution in [2.75, 3.05) is 19.7 Å². The summed E-state index contributed by atoms with van der Waals surface area (Å²) in [6.07, 6.45) is 3.00. The number of aliphatic hydroxyl groups excluding tert-OH is 1. The molecular weight excluding hydrogens is 283 g/mol. The van der Waals surface area contributed by atoms with Gasteiger partial charge in [-0.2, -0.15) is 0 Å². The van der Waals surface area contributed by atoms with Gasteiger partial charge in [0.15, 0.2) is 6.35 Å². The van der Waals surface area contributed by atoms with Gasteiger partial charge in [-0.1, -0.05) is 12.2 Å². The first kappa shape index (κ1) is 16.2. The molecule has 3 rings (SSSR count). The summed E-state index contributed by atoms with van der Waals surface area (Å²) in [6.45, 7) is 13.5. The number of hydroxylamine groups is 2. The monoisotopic (exact) mass is 308 g/mol. The summed E-state index contributed by atoms with van der Waals surface area (Å²) < 4.78 is 12.3. The van der Waals surface area contributed by atoms with E-state index in [2.05, 4.69) is 12.7 Å². The van der Waals surface area contributed by atoms with E-state index in [0.29, 0.717) is 19.7 Å². The molecule has 3 unspecified atom stereocenters. The summed E-state index contributed by atoms with van der Waals surface area (Å²) in [4.78, 5) is 7.59. The van der Waals surface area contributed by atoms with E-state index < -0.39 is 13.5 Å². The van der Waals surface area contributed by atoms with Crippen LogP contribution >= 0.6 is 0 Å². The van der Waals surface area contributed by atoms with Crippen LogP contribution in [0.15, 0.2) is 24.2 Å². The van der Waals surface area contributed by atoms with Crippen molar-refractivity contribution in [1.82, 2.24) is 9.96 Å². The Labute approximate surface area is 132 Å². The molecule has 0 aliphatic carbocycles. The fourth-order valence-electron chi connectivity index (χ4n) is 3.03. The van der Waals surface area contributed by atoms with Crippen LogP contribution in [0.3, 0.4) is 0 Å². The lowest BCUT2D eigenvalue weighted by Crippen LogP contribution is -2.42. The predicted molar refractivity (Wildman–Crippen MR) is 83.5 cm³/mol. The Balaban J connectivity index is 1.80. The standard InChI is InChI=1S/C15H25BN2O4/c1-6-9-20-18-12-10-17(13(18)19)8-7-11(12)16-21-14(2,3)15(4,5)22-16/h6-7,12-13,19H,1,8-10H2,2-5H3. The first-order chi connectivity index (χ1) is 10.3. The topological polar surface area (TPSA) is 54.4 Å². The Morgan fingerprint density at radius 2 is 2.05 bits per heavy atom. The summed E-state index contributed by atoms with van der Waals surface area (Å²) >= 11 is 0. The van der Waals surface area contributed by atoms with Crippen LogP contribution in [0.4, 0.5) is 0 Å². The lowest BCUT2D eigenvalue weighted by molar-refractivity contribution is -0.246. The molecule has 3 aliphatic rings. The number of nitrogens with zero attached hydrogens (tertiary/aromatic N) is 2. The van der Waals surface area contributed by atoms with Crippen LogP contribution in [0.5, 0.6) is 0 Å². The van der Waals surface area contributed by atoms with Gasteiger partial charge in [0.1, 0.15) is 0 Å². The highest BCUT2D eigenvalue weighted by Crippen LogP contribution is 2.41. The molecule has 6 nitrogen and oxygen atoms in total. The molecule has 0 amide bonds. The maximum atomic E-state index is 10.3. The number of hydrogen-bond donors (Lipinski definition) is 1. The first-order valence-electron chi connectivity index (χ1n) is 7.77. The van der Waals surface area contributed by atoms with Gasteiger partial charge >= 0.3 is 7.12 Å². The molecule has 3 heterocycles. The second-order valence-electron chi connectivity index (χ2n) is 7.05. The van der Waals surface area contributed by atoms with Crippen molar-refractivity contribution >= 4 is 7.12 Å². The highest BCUT2D eigenvalue weighted by molar-refractivity contribution is 6.55. The number of hydrogen-bond acceptors (Lipinski definition) is 6. The largest absolute Gasteiger partial charge is 0.492 e. The van der Waals surface area contributed by atoms with Gasteiger partial charge in [-0.25, -0.2) is 0 Å². The Hall–Kier alpha value is -0.695. The van der Waals surface area contributed by atoms with Crippen LogP contribution in [0.1, 0.15) is 27.7 Å². The average molecular weight is 308 g/mol. The molecular formula is C15H25BN2O4. The molecule has 0 aromatic heterocycles. The van der Waals surface area contributed by atoms with Crippen molar-refractivity contribution in [2.45, 2.75) is 51.3 Å². The van der Waals surface area contributed by atoms with Crippen molar-refractivity contribution in [1.29, 1.82) is 0 Å². The number of fused-ring (bicyclic) bond motifs is 2. The van der Waals surface area contributed by atoms with Crippen LogP contribution in [0.25, 0.3) is 0 Å². The lowest BCUT2D eigenvalue weighted by atomic mass is 9.72. The van der Waals surface area contributed by atoms with Gasteiger partial charge in [-0.05, 0) is 33.2 Å². The summed E-state index contributed by atoms with van der Waals surface area (Å²) in [5, 5.41) is 11.9. The van der Waals surface area contributed by atoms with Crippen molar-refractivity contribution in [3.8, 4) is 0 Å². The minimum Gasteiger partial charge on any atom is -0.400 e. The van der Waals surface area contributed by atoms with Gasteiger partial charge in [-0.15, -0.1) is 11.6 Å². The third-order valence-corrected chi connectivity index (χ3v) is 5.08. The third kappa shape index (κ3) is 2.46. The average Bonchev–Trinajstić information content (AvgIpc) is 2.80. The summed E-state index contributed by atoms with van der Waals surface area (Å²) in [7, 11) is -0.405. The molecule has 0 aromatic carbocycles. The Morgan fingerprint density at radius 1 is 1.41 bits per heavy atom. The predicted octanol–water partition coefficient (Wildman–Crippen LogP) is 0.937. The normalized spacial score (nSPS) is 36.5. The van der Waals surface area contributed by atoms with Crippen molar-refractivity contribution in [3.05, 3.63) is 24.2 Å². The molecule has 3 aliphatic heterocycles. The van der Waals surface area contributed by atoms with Gasteiger partial charge in [0.25, 0.3) is 0 Å². The van der Waals surface area contributed by atoms with Gasteiger partial charge in [0, 0.05) is 13.1 Å². The SMILES string of the molecule is C=CCON1C2CN(CC=C2B2OC(C)(C)C(C)(C)O2)C1O. The van der Waals surface area contributed by atoms with E-state index in [1.54, 1.807) is 11.1 Å². The van der Waals surface area contributed by atoms with E-state index in [4.69, 9.17) is 14.1 Å². The fraction of sp³-hybridized carbons (Fsp3) is 0.733. The van der Waals surface area contributed by atoms with E-state index in [1.165, 1.54) is 0 Å². The molecule has 22 heavy (non-hydrogen) atoms. The molecule has 7 heteroatoms. The quantitative estimate of drug-likeness (QED) is 0.616. The van der Waals surface area contributed by atoms with Crippen LogP contribution < -0.4 is 0 Å².